The molecule has 0 saturated heterocycles. The molecule has 1 aromatic heterocycles. The van der Waals surface area contributed by atoms with Crippen LogP contribution >= 0.6 is 11.3 Å². The fraction of sp³-hybridized carbons (Fsp3) is 0.267. The number of carboxylic acids is 1. The van der Waals surface area contributed by atoms with E-state index >= 15 is 0 Å². The Morgan fingerprint density at radius 2 is 2.13 bits per heavy atom. The second kappa shape index (κ2) is 7.59. The van der Waals surface area contributed by atoms with Crippen LogP contribution in [-0.2, 0) is 6.54 Å². The first-order valence-corrected chi connectivity index (χ1v) is 7.69. The minimum atomic E-state index is -1.09. The van der Waals surface area contributed by atoms with Crippen LogP contribution in [0.25, 0.3) is 0 Å². The Bertz CT molecular complexity index is 714. The van der Waals surface area contributed by atoms with E-state index in [2.05, 4.69) is 10.3 Å². The van der Waals surface area contributed by atoms with Crippen molar-refractivity contribution in [3.8, 4) is 11.5 Å². The lowest BCUT2D eigenvalue weighted by Gasteiger charge is -2.10. The highest BCUT2D eigenvalue weighted by Crippen LogP contribution is 2.28. The number of nitrogens with zero attached hydrogens (tertiary/aromatic N) is 1. The number of ether oxygens (including phenoxy) is 2. The molecule has 0 bridgehead atoms. The molecule has 0 fully saturated rings. The summed E-state index contributed by atoms with van der Waals surface area (Å²) in [6.07, 6.45) is 0. The number of aromatic carboxylic acids is 1. The highest BCUT2D eigenvalue weighted by atomic mass is 32.1. The first kappa shape index (κ1) is 16.8. The van der Waals surface area contributed by atoms with Gasteiger partial charge in [-0.15, -0.1) is 11.3 Å². The van der Waals surface area contributed by atoms with Crippen molar-refractivity contribution in [1.82, 2.24) is 10.3 Å². The highest BCUT2D eigenvalue weighted by molar-refractivity contribution is 7.09. The number of aromatic nitrogens is 1. The standard InChI is InChI=1S/C15H16N2O5S/c1-3-22-11-5-4-9(6-12(11)21-2)14(18)16-7-13-17-10(8-23-13)15(19)20/h4-6,8H,3,7H2,1-2H3,(H,16,18)(H,19,20). The molecule has 1 heterocycles. The molecule has 0 aliphatic rings. The molecule has 7 nitrogen and oxygen atoms in total. The molecule has 0 aliphatic heterocycles. The summed E-state index contributed by atoms with van der Waals surface area (Å²) in [5.41, 5.74) is 0.391. The monoisotopic (exact) mass is 336 g/mol. The summed E-state index contributed by atoms with van der Waals surface area (Å²) in [6.45, 7) is 2.52. The summed E-state index contributed by atoms with van der Waals surface area (Å²) in [5, 5.41) is 13.5. The second-order valence-corrected chi connectivity index (χ2v) is 5.36. The molecule has 2 rings (SSSR count). The van der Waals surface area contributed by atoms with Gasteiger partial charge in [0.15, 0.2) is 17.2 Å². The van der Waals surface area contributed by atoms with E-state index < -0.39 is 5.97 Å². The van der Waals surface area contributed by atoms with Gasteiger partial charge in [-0.3, -0.25) is 4.79 Å². The third-order valence-electron chi connectivity index (χ3n) is 2.90. The van der Waals surface area contributed by atoms with E-state index in [0.717, 1.165) is 0 Å². The number of carboxylic acid groups (broad SMARTS) is 1. The molecule has 8 heteroatoms. The van der Waals surface area contributed by atoms with Gasteiger partial charge in [-0.2, -0.15) is 0 Å². The number of thiazole rings is 1. The molecule has 1 amide bonds. The minimum absolute atomic E-state index is 0.0259. The molecular weight excluding hydrogens is 320 g/mol. The fourth-order valence-corrected chi connectivity index (χ4v) is 2.54. The Balaban J connectivity index is 2.03. The molecule has 23 heavy (non-hydrogen) atoms. The molecule has 0 spiro atoms. The van der Waals surface area contributed by atoms with Crippen LogP contribution in [0.1, 0.15) is 32.8 Å². The van der Waals surface area contributed by atoms with Gasteiger partial charge in [-0.25, -0.2) is 9.78 Å². The number of rotatable bonds is 7. The molecular formula is C15H16N2O5S. The van der Waals surface area contributed by atoms with Crippen molar-refractivity contribution in [2.24, 2.45) is 0 Å². The van der Waals surface area contributed by atoms with Crippen molar-refractivity contribution in [3.05, 3.63) is 39.8 Å². The van der Waals surface area contributed by atoms with Crippen LogP contribution in [0, 0.1) is 0 Å². The molecule has 0 radical (unpaired) electrons. The fourth-order valence-electron chi connectivity index (χ4n) is 1.83. The number of hydrogen-bond donors (Lipinski definition) is 2. The maximum atomic E-state index is 12.1. The summed E-state index contributed by atoms with van der Waals surface area (Å²) < 4.78 is 10.6. The quantitative estimate of drug-likeness (QED) is 0.804. The van der Waals surface area contributed by atoms with Crippen LogP contribution in [0.3, 0.4) is 0 Å². The molecule has 0 saturated carbocycles. The van der Waals surface area contributed by atoms with E-state index in [1.165, 1.54) is 23.8 Å². The maximum Gasteiger partial charge on any atom is 0.355 e. The molecule has 2 N–H and O–H groups in total. The highest BCUT2D eigenvalue weighted by Gasteiger charge is 2.13. The van der Waals surface area contributed by atoms with E-state index in [0.29, 0.717) is 28.7 Å². The van der Waals surface area contributed by atoms with Crippen molar-refractivity contribution in [2.75, 3.05) is 13.7 Å². The predicted molar refractivity (Wildman–Crippen MR) is 84.4 cm³/mol. The van der Waals surface area contributed by atoms with Gasteiger partial charge < -0.3 is 19.9 Å². The number of hydrogen-bond acceptors (Lipinski definition) is 6. The van der Waals surface area contributed by atoms with Crippen molar-refractivity contribution < 1.29 is 24.2 Å². The Morgan fingerprint density at radius 3 is 2.74 bits per heavy atom. The topological polar surface area (TPSA) is 97.8 Å². The summed E-state index contributed by atoms with van der Waals surface area (Å²) in [7, 11) is 1.50. The van der Waals surface area contributed by atoms with Crippen LogP contribution in [0.5, 0.6) is 11.5 Å². The van der Waals surface area contributed by atoms with Gasteiger partial charge in [0.05, 0.1) is 20.3 Å². The largest absolute Gasteiger partial charge is 0.493 e. The lowest BCUT2D eigenvalue weighted by molar-refractivity contribution is 0.0691. The zero-order valence-corrected chi connectivity index (χ0v) is 13.5. The van der Waals surface area contributed by atoms with Crippen molar-refractivity contribution in [1.29, 1.82) is 0 Å². The van der Waals surface area contributed by atoms with Gasteiger partial charge in [-0.1, -0.05) is 0 Å². The zero-order valence-electron chi connectivity index (χ0n) is 12.7. The molecule has 0 aliphatic carbocycles. The Kier molecular flexibility index (Phi) is 5.53. The van der Waals surface area contributed by atoms with Crippen molar-refractivity contribution >= 4 is 23.2 Å². The van der Waals surface area contributed by atoms with Gasteiger partial charge in [-0.05, 0) is 25.1 Å². The van der Waals surface area contributed by atoms with Crippen LogP contribution < -0.4 is 14.8 Å². The molecule has 2 aromatic rings. The Labute approximate surface area is 136 Å². The smallest absolute Gasteiger partial charge is 0.355 e. The Morgan fingerprint density at radius 1 is 1.35 bits per heavy atom. The van der Waals surface area contributed by atoms with Crippen LogP contribution in [-0.4, -0.2) is 35.7 Å². The number of carbonyl (C=O) groups is 2. The first-order valence-electron chi connectivity index (χ1n) is 6.81. The third kappa shape index (κ3) is 4.19. The van der Waals surface area contributed by atoms with Crippen molar-refractivity contribution in [3.63, 3.8) is 0 Å². The average Bonchev–Trinajstić information content (AvgIpc) is 3.02. The number of nitrogens with one attached hydrogen (secondary N) is 1. The first-order chi connectivity index (χ1) is 11.0. The maximum absolute atomic E-state index is 12.1. The average molecular weight is 336 g/mol. The summed E-state index contributed by atoms with van der Waals surface area (Å²) in [4.78, 5) is 26.8. The number of benzene rings is 1. The van der Waals surface area contributed by atoms with E-state index in [1.54, 1.807) is 18.2 Å². The summed E-state index contributed by atoms with van der Waals surface area (Å²) >= 11 is 1.18. The van der Waals surface area contributed by atoms with Gasteiger partial charge in [0.1, 0.15) is 5.01 Å². The second-order valence-electron chi connectivity index (χ2n) is 4.41. The SMILES string of the molecule is CCOc1ccc(C(=O)NCc2nc(C(=O)O)cs2)cc1OC. The van der Waals surface area contributed by atoms with Gasteiger partial charge in [0, 0.05) is 10.9 Å². The van der Waals surface area contributed by atoms with E-state index in [-0.39, 0.29) is 18.1 Å². The Hall–Kier alpha value is -2.61. The van der Waals surface area contributed by atoms with Crippen LogP contribution in [0.15, 0.2) is 23.6 Å². The number of amides is 1. The van der Waals surface area contributed by atoms with Crippen LogP contribution in [0.2, 0.25) is 0 Å². The molecule has 122 valence electrons. The lowest BCUT2D eigenvalue weighted by Crippen LogP contribution is -2.22. The molecule has 0 unspecified atom stereocenters. The summed E-state index contributed by atoms with van der Waals surface area (Å²) in [5.74, 6) is -0.354. The van der Waals surface area contributed by atoms with Crippen LogP contribution in [0.4, 0.5) is 0 Å². The van der Waals surface area contributed by atoms with Gasteiger partial charge in [0.2, 0.25) is 0 Å². The van der Waals surface area contributed by atoms with E-state index in [9.17, 15) is 9.59 Å². The van der Waals surface area contributed by atoms with Gasteiger partial charge in [0.25, 0.3) is 5.91 Å². The number of carbonyl (C=O) groups excluding carboxylic acids is 1. The summed E-state index contributed by atoms with van der Waals surface area (Å²) in [6, 6.07) is 4.89. The molecule has 0 atom stereocenters. The lowest BCUT2D eigenvalue weighted by atomic mass is 10.2. The van der Waals surface area contributed by atoms with Gasteiger partial charge >= 0.3 is 5.97 Å². The zero-order chi connectivity index (χ0) is 16.8. The predicted octanol–water partition coefficient (Wildman–Crippen LogP) is 2.18. The van der Waals surface area contributed by atoms with E-state index in [4.69, 9.17) is 14.6 Å². The third-order valence-corrected chi connectivity index (χ3v) is 3.75. The number of methoxy groups -OCH3 is 1. The minimum Gasteiger partial charge on any atom is -0.493 e. The normalized spacial score (nSPS) is 10.2. The van der Waals surface area contributed by atoms with E-state index in [1.807, 2.05) is 6.92 Å². The molecule has 1 aromatic carbocycles. The van der Waals surface area contributed by atoms with Crippen molar-refractivity contribution in [2.45, 2.75) is 13.5 Å².